The molecule has 0 radical (unpaired) electrons. The van der Waals surface area contributed by atoms with Gasteiger partial charge in [-0.3, -0.25) is 4.55 Å². The smallest absolute Gasteiger partial charge is 0.261 e. The molecular weight excluding hydrogens is 298 g/mol. The van der Waals surface area contributed by atoms with E-state index in [1.807, 2.05) is 0 Å². The number of hydrogen-bond acceptors (Lipinski definition) is 3. The SMILES string of the molecule is CC1(C)CCN2CCC(C)(C)c3cccc1c32.CS(=O)(=O)O. The maximum atomic E-state index is 9.19. The molecule has 0 aromatic heterocycles. The van der Waals surface area contributed by atoms with Crippen LogP contribution in [0.5, 0.6) is 0 Å². The minimum Gasteiger partial charge on any atom is -0.371 e. The third-order valence-corrected chi connectivity index (χ3v) is 4.82. The first kappa shape index (κ1) is 17.3. The molecule has 0 spiro atoms. The van der Waals surface area contributed by atoms with E-state index in [1.54, 1.807) is 16.8 Å². The molecule has 0 unspecified atom stereocenters. The maximum Gasteiger partial charge on any atom is 0.261 e. The molecule has 3 rings (SSSR count). The highest BCUT2D eigenvalue weighted by Crippen LogP contribution is 2.48. The van der Waals surface area contributed by atoms with Gasteiger partial charge in [-0.2, -0.15) is 8.42 Å². The summed E-state index contributed by atoms with van der Waals surface area (Å²) in [4.78, 5) is 2.61. The molecule has 1 aromatic rings. The van der Waals surface area contributed by atoms with Gasteiger partial charge in [0.05, 0.1) is 6.26 Å². The zero-order valence-corrected chi connectivity index (χ0v) is 15.0. The third-order valence-electron chi connectivity index (χ3n) is 4.82. The van der Waals surface area contributed by atoms with Crippen LogP contribution >= 0.6 is 0 Å². The zero-order chi connectivity index (χ0) is 16.8. The van der Waals surface area contributed by atoms with Crippen molar-refractivity contribution in [2.24, 2.45) is 0 Å². The molecule has 0 atom stereocenters. The van der Waals surface area contributed by atoms with E-state index in [2.05, 4.69) is 50.8 Å². The van der Waals surface area contributed by atoms with Crippen molar-refractivity contribution in [1.82, 2.24) is 0 Å². The largest absolute Gasteiger partial charge is 0.371 e. The van der Waals surface area contributed by atoms with E-state index in [1.165, 1.54) is 25.9 Å². The Balaban J connectivity index is 0.000000309. The first-order chi connectivity index (χ1) is 9.92. The molecule has 22 heavy (non-hydrogen) atoms. The van der Waals surface area contributed by atoms with Crippen molar-refractivity contribution in [2.45, 2.75) is 51.4 Å². The van der Waals surface area contributed by atoms with Gasteiger partial charge >= 0.3 is 0 Å². The Morgan fingerprint density at radius 2 is 1.36 bits per heavy atom. The highest BCUT2D eigenvalue weighted by molar-refractivity contribution is 7.85. The summed E-state index contributed by atoms with van der Waals surface area (Å²) in [7, 11) is -3.67. The monoisotopic (exact) mass is 325 g/mol. The lowest BCUT2D eigenvalue weighted by Gasteiger charge is -2.48. The standard InChI is InChI=1S/C16H23N.CH4O3S/c1-15(2)8-10-17-11-9-16(3,4)13-7-5-6-12(15)14(13)17;1-5(2,3)4/h5-7H,8-11H2,1-4H3;1H3,(H,2,3,4). The van der Waals surface area contributed by atoms with E-state index < -0.39 is 10.1 Å². The van der Waals surface area contributed by atoms with Crippen molar-refractivity contribution in [3.8, 4) is 0 Å². The molecule has 124 valence electrons. The molecule has 0 saturated heterocycles. The molecule has 4 nitrogen and oxygen atoms in total. The fourth-order valence-electron chi connectivity index (χ4n) is 3.41. The first-order valence-corrected chi connectivity index (χ1v) is 9.58. The van der Waals surface area contributed by atoms with Crippen LogP contribution in [0, 0.1) is 0 Å². The molecule has 0 fully saturated rings. The van der Waals surface area contributed by atoms with Crippen LogP contribution in [0.2, 0.25) is 0 Å². The number of nitrogens with zero attached hydrogens (tertiary/aromatic N) is 1. The molecule has 5 heteroatoms. The van der Waals surface area contributed by atoms with Crippen LogP contribution < -0.4 is 4.90 Å². The number of anilines is 1. The summed E-state index contributed by atoms with van der Waals surface area (Å²) in [5.41, 5.74) is 5.37. The van der Waals surface area contributed by atoms with Crippen molar-refractivity contribution >= 4 is 15.8 Å². The van der Waals surface area contributed by atoms with Gasteiger partial charge in [0.1, 0.15) is 0 Å². The molecule has 2 aliphatic rings. The molecule has 2 heterocycles. The fourth-order valence-corrected chi connectivity index (χ4v) is 3.41. The summed E-state index contributed by atoms with van der Waals surface area (Å²) in [5, 5.41) is 0. The lowest BCUT2D eigenvalue weighted by molar-refractivity contribution is 0.401. The van der Waals surface area contributed by atoms with E-state index in [-0.39, 0.29) is 0 Å². The lowest BCUT2D eigenvalue weighted by atomic mass is 9.70. The topological polar surface area (TPSA) is 57.6 Å². The van der Waals surface area contributed by atoms with E-state index in [0.29, 0.717) is 17.1 Å². The fraction of sp³-hybridized carbons (Fsp3) is 0.647. The van der Waals surface area contributed by atoms with Crippen LogP contribution in [-0.4, -0.2) is 32.3 Å². The van der Waals surface area contributed by atoms with Gasteiger partial charge in [0.25, 0.3) is 10.1 Å². The molecule has 0 saturated carbocycles. The zero-order valence-electron chi connectivity index (χ0n) is 14.2. The van der Waals surface area contributed by atoms with Crippen molar-refractivity contribution < 1.29 is 13.0 Å². The second-order valence-corrected chi connectivity index (χ2v) is 9.16. The highest BCUT2D eigenvalue weighted by atomic mass is 32.2. The van der Waals surface area contributed by atoms with Gasteiger partial charge in [-0.1, -0.05) is 45.9 Å². The van der Waals surface area contributed by atoms with Crippen LogP contribution in [0.3, 0.4) is 0 Å². The Bertz CT molecular complexity index is 616. The molecule has 0 bridgehead atoms. The van der Waals surface area contributed by atoms with Crippen LogP contribution in [0.4, 0.5) is 5.69 Å². The van der Waals surface area contributed by atoms with Crippen LogP contribution in [0.25, 0.3) is 0 Å². The summed E-state index contributed by atoms with van der Waals surface area (Å²) >= 11 is 0. The van der Waals surface area contributed by atoms with Gasteiger partial charge in [0.15, 0.2) is 0 Å². The van der Waals surface area contributed by atoms with Crippen molar-refractivity contribution in [3.63, 3.8) is 0 Å². The van der Waals surface area contributed by atoms with Crippen LogP contribution in [0.1, 0.15) is 51.7 Å². The molecule has 2 aliphatic heterocycles. The maximum absolute atomic E-state index is 9.19. The second-order valence-electron chi connectivity index (χ2n) is 7.69. The number of hydrogen-bond donors (Lipinski definition) is 1. The molecule has 1 aromatic carbocycles. The molecule has 0 amide bonds. The summed E-state index contributed by atoms with van der Waals surface area (Å²) in [6.45, 7) is 12.0. The highest BCUT2D eigenvalue weighted by Gasteiger charge is 2.39. The summed E-state index contributed by atoms with van der Waals surface area (Å²) < 4.78 is 25.9. The lowest BCUT2D eigenvalue weighted by Crippen LogP contribution is -2.44. The predicted octanol–water partition coefficient (Wildman–Crippen LogP) is 3.36. The summed E-state index contributed by atoms with van der Waals surface area (Å²) in [6, 6.07) is 6.94. The predicted molar refractivity (Wildman–Crippen MR) is 91.4 cm³/mol. The average molecular weight is 325 g/mol. The van der Waals surface area contributed by atoms with Gasteiger partial charge < -0.3 is 4.90 Å². The van der Waals surface area contributed by atoms with Gasteiger partial charge in [-0.25, -0.2) is 0 Å². The number of benzene rings is 1. The Morgan fingerprint density at radius 1 is 1.00 bits per heavy atom. The normalized spacial score (nSPS) is 21.5. The molecular formula is C17H27NO3S. The van der Waals surface area contributed by atoms with Crippen LogP contribution in [-0.2, 0) is 20.9 Å². The van der Waals surface area contributed by atoms with Gasteiger partial charge in [0, 0.05) is 18.8 Å². The molecule has 0 aliphatic carbocycles. The van der Waals surface area contributed by atoms with E-state index in [0.717, 1.165) is 0 Å². The third kappa shape index (κ3) is 3.63. The average Bonchev–Trinajstić information content (AvgIpc) is 2.34. The van der Waals surface area contributed by atoms with Crippen LogP contribution in [0.15, 0.2) is 18.2 Å². The quantitative estimate of drug-likeness (QED) is 0.743. The molecule has 1 N–H and O–H groups in total. The Kier molecular flexibility index (Phi) is 4.35. The van der Waals surface area contributed by atoms with E-state index in [9.17, 15) is 8.42 Å². The van der Waals surface area contributed by atoms with Crippen molar-refractivity contribution in [1.29, 1.82) is 0 Å². The van der Waals surface area contributed by atoms with Gasteiger partial charge in [-0.15, -0.1) is 0 Å². The minimum atomic E-state index is -3.67. The Morgan fingerprint density at radius 3 is 1.73 bits per heavy atom. The van der Waals surface area contributed by atoms with E-state index >= 15 is 0 Å². The van der Waals surface area contributed by atoms with Gasteiger partial charge in [-0.05, 0) is 34.8 Å². The second kappa shape index (κ2) is 5.53. The number of para-hydroxylation sites is 1. The van der Waals surface area contributed by atoms with Crippen molar-refractivity contribution in [3.05, 3.63) is 29.3 Å². The Hall–Kier alpha value is -1.07. The van der Waals surface area contributed by atoms with Gasteiger partial charge in [0.2, 0.25) is 0 Å². The number of rotatable bonds is 0. The summed E-state index contributed by atoms with van der Waals surface area (Å²) in [5.74, 6) is 0. The van der Waals surface area contributed by atoms with Crippen molar-refractivity contribution in [2.75, 3.05) is 24.2 Å². The Labute approximate surface area is 134 Å². The minimum absolute atomic E-state index is 0.343. The van der Waals surface area contributed by atoms with E-state index in [4.69, 9.17) is 4.55 Å². The first-order valence-electron chi connectivity index (χ1n) is 7.73. The summed E-state index contributed by atoms with van der Waals surface area (Å²) in [6.07, 6.45) is 3.28.